The Labute approximate surface area is 82.6 Å². The molecule has 0 atom stereocenters. The molecule has 0 fully saturated rings. The molecule has 0 amide bonds. The van der Waals surface area contributed by atoms with E-state index in [0.29, 0.717) is 0 Å². The average Bonchev–Trinajstić information content (AvgIpc) is 1.87. The maximum atomic E-state index is 4.15. The van der Waals surface area contributed by atoms with Crippen LogP contribution in [0.1, 0.15) is 6.92 Å². The van der Waals surface area contributed by atoms with E-state index in [-0.39, 0.29) is 0 Å². The topological polar surface area (TPSA) is 12.4 Å². The van der Waals surface area contributed by atoms with Gasteiger partial charge in [0.05, 0.1) is 3.70 Å². The van der Waals surface area contributed by atoms with E-state index >= 15 is 0 Å². The van der Waals surface area contributed by atoms with Crippen LogP contribution in [-0.4, -0.2) is 3.72 Å². The summed E-state index contributed by atoms with van der Waals surface area (Å²) in [6.07, 6.45) is 3.67. The van der Waals surface area contributed by atoms with Gasteiger partial charge in [-0.1, -0.05) is 12.7 Å². The van der Waals surface area contributed by atoms with Gasteiger partial charge in [-0.2, -0.15) is 0 Å². The highest BCUT2D eigenvalue weighted by molar-refractivity contribution is 14.1. The molecule has 0 saturated carbocycles. The third-order valence-corrected chi connectivity index (χ3v) is 2.17. The smallest absolute Gasteiger partial charge is 0.102 e. The largest absolute Gasteiger partial charge is 0.236 e. The van der Waals surface area contributed by atoms with Crippen molar-refractivity contribution in [3.8, 4) is 0 Å². The molecule has 3 heteroatoms. The number of hydrogen-bond acceptors (Lipinski definition) is 1. The molecule has 0 saturated heterocycles. The fourth-order valence-electron chi connectivity index (χ4n) is 0.212. The molecule has 0 aromatic rings. The third-order valence-electron chi connectivity index (χ3n) is 0.620. The minimum absolute atomic E-state index is 0.926. The predicted octanol–water partition coefficient (Wildman–Crippen LogP) is 3.30. The zero-order valence-corrected chi connectivity index (χ0v) is 9.38. The molecule has 1 nitrogen and oxygen atoms in total. The highest BCUT2D eigenvalue weighted by Gasteiger charge is 1.84. The first kappa shape index (κ1) is 9.61. The lowest BCUT2D eigenvalue weighted by atomic mass is 10.7. The first-order valence-electron chi connectivity index (χ1n) is 2.39. The van der Waals surface area contributed by atoms with Crippen LogP contribution in [0.3, 0.4) is 0 Å². The Hall–Kier alpha value is 0.610. The Morgan fingerprint density at radius 2 is 2.11 bits per heavy atom. The Bertz CT molecular complexity index is 158. The maximum Gasteiger partial charge on any atom is 0.102 e. The summed E-state index contributed by atoms with van der Waals surface area (Å²) < 4.78 is 1.92. The molecule has 0 aliphatic rings. The minimum atomic E-state index is 0.926. The Morgan fingerprint density at radius 3 is 2.44 bits per heavy atom. The summed E-state index contributed by atoms with van der Waals surface area (Å²) in [5, 5.41) is 0. The normalized spacial score (nSPS) is 13.7. The molecule has 0 aliphatic heterocycles. The van der Waals surface area contributed by atoms with Gasteiger partial charge in [0.15, 0.2) is 0 Å². The van der Waals surface area contributed by atoms with Crippen LogP contribution in [-0.2, 0) is 0 Å². The van der Waals surface area contributed by atoms with E-state index in [1.165, 1.54) is 0 Å². The van der Waals surface area contributed by atoms with E-state index in [2.05, 4.69) is 56.8 Å². The second-order valence-electron chi connectivity index (χ2n) is 1.25. The first-order chi connectivity index (χ1) is 4.20. The summed E-state index contributed by atoms with van der Waals surface area (Å²) >= 11 is 4.30. The lowest BCUT2D eigenvalue weighted by molar-refractivity contribution is 1.53. The second kappa shape index (κ2) is 5.40. The van der Waals surface area contributed by atoms with Gasteiger partial charge >= 0.3 is 0 Å². The van der Waals surface area contributed by atoms with Crippen molar-refractivity contribution in [3.63, 3.8) is 0 Å². The first-order valence-corrected chi connectivity index (χ1v) is 4.55. The van der Waals surface area contributed by atoms with E-state index in [0.717, 1.165) is 7.42 Å². The van der Waals surface area contributed by atoms with E-state index in [1.54, 1.807) is 6.08 Å². The van der Waals surface area contributed by atoms with Gasteiger partial charge in [-0.3, -0.25) is 0 Å². The second-order valence-corrected chi connectivity index (χ2v) is 3.46. The van der Waals surface area contributed by atoms with Crippen molar-refractivity contribution in [1.29, 1.82) is 0 Å². The highest BCUT2D eigenvalue weighted by Crippen LogP contribution is 2.09. The van der Waals surface area contributed by atoms with Gasteiger partial charge in [0, 0.05) is 0 Å². The standard InChI is InChI=1S/C6H7I2N/c1-3-5(7)9-6(8)4-2/h3-4H,1H2,2H3/b6-4-,9-5?. The number of hydrogen-bond donors (Lipinski definition) is 0. The summed E-state index contributed by atoms with van der Waals surface area (Å²) in [5.41, 5.74) is 0. The molecule has 50 valence electrons. The van der Waals surface area contributed by atoms with Gasteiger partial charge in [0.25, 0.3) is 0 Å². The Kier molecular flexibility index (Phi) is 5.77. The van der Waals surface area contributed by atoms with Crippen molar-refractivity contribution in [1.82, 2.24) is 0 Å². The van der Waals surface area contributed by atoms with Gasteiger partial charge < -0.3 is 0 Å². The number of halogens is 2. The SMILES string of the molecule is C=CC(I)=N/C(I)=C\C. The van der Waals surface area contributed by atoms with Crippen molar-refractivity contribution in [2.75, 3.05) is 0 Å². The van der Waals surface area contributed by atoms with Crippen molar-refractivity contribution in [2.45, 2.75) is 6.92 Å². The molecule has 9 heavy (non-hydrogen) atoms. The Morgan fingerprint density at radius 1 is 1.56 bits per heavy atom. The van der Waals surface area contributed by atoms with E-state index in [1.807, 2.05) is 13.0 Å². The van der Waals surface area contributed by atoms with Crippen LogP contribution >= 0.6 is 45.2 Å². The predicted molar refractivity (Wildman–Crippen MR) is 59.4 cm³/mol. The van der Waals surface area contributed by atoms with Crippen LogP contribution in [0.5, 0.6) is 0 Å². The number of aliphatic imine (C=N–C) groups is 1. The monoisotopic (exact) mass is 347 g/mol. The van der Waals surface area contributed by atoms with Crippen LogP contribution < -0.4 is 0 Å². The Balaban J connectivity index is 4.11. The quantitative estimate of drug-likeness (QED) is 0.413. The molecule has 0 heterocycles. The number of nitrogens with zero attached hydrogens (tertiary/aromatic N) is 1. The van der Waals surface area contributed by atoms with Gasteiger partial charge in [-0.25, -0.2) is 4.99 Å². The molecule has 0 aromatic heterocycles. The summed E-state index contributed by atoms with van der Waals surface area (Å²) in [6.45, 7) is 5.54. The van der Waals surface area contributed by atoms with Gasteiger partial charge in [0.2, 0.25) is 0 Å². The minimum Gasteiger partial charge on any atom is -0.236 e. The van der Waals surface area contributed by atoms with Crippen LogP contribution in [0, 0.1) is 0 Å². The van der Waals surface area contributed by atoms with Crippen molar-refractivity contribution in [2.24, 2.45) is 4.99 Å². The number of allylic oxidation sites excluding steroid dienone is 2. The molecule has 0 radical (unpaired) electrons. The lowest BCUT2D eigenvalue weighted by Gasteiger charge is -1.86. The van der Waals surface area contributed by atoms with E-state index < -0.39 is 0 Å². The van der Waals surface area contributed by atoms with Gasteiger partial charge in [-0.05, 0) is 58.2 Å². The maximum absolute atomic E-state index is 4.15. The van der Waals surface area contributed by atoms with Crippen LogP contribution in [0.15, 0.2) is 27.4 Å². The fraction of sp³-hybridized carbons (Fsp3) is 0.167. The highest BCUT2D eigenvalue weighted by atomic mass is 127. The molecule has 0 aliphatic carbocycles. The zero-order chi connectivity index (χ0) is 7.28. The van der Waals surface area contributed by atoms with Crippen LogP contribution in [0.4, 0.5) is 0 Å². The summed E-state index contributed by atoms with van der Waals surface area (Å²) in [4.78, 5) is 4.15. The zero-order valence-electron chi connectivity index (χ0n) is 5.06. The van der Waals surface area contributed by atoms with Crippen molar-refractivity contribution in [3.05, 3.63) is 22.4 Å². The molecule has 0 bridgehead atoms. The molecular formula is C6H7I2N. The average molecular weight is 347 g/mol. The van der Waals surface area contributed by atoms with Gasteiger partial charge in [0.1, 0.15) is 3.72 Å². The molecule has 0 aromatic carbocycles. The van der Waals surface area contributed by atoms with Crippen LogP contribution in [0.2, 0.25) is 0 Å². The molecule has 0 rings (SSSR count). The lowest BCUT2D eigenvalue weighted by Crippen LogP contribution is -1.74. The fourth-order valence-corrected chi connectivity index (χ4v) is 1.19. The van der Waals surface area contributed by atoms with Crippen molar-refractivity contribution >= 4 is 48.9 Å². The molecular weight excluding hydrogens is 340 g/mol. The summed E-state index contributed by atoms with van der Waals surface area (Å²) in [5.74, 6) is 0. The van der Waals surface area contributed by atoms with E-state index in [4.69, 9.17) is 0 Å². The molecule has 0 N–H and O–H groups in total. The van der Waals surface area contributed by atoms with E-state index in [9.17, 15) is 0 Å². The molecule has 0 spiro atoms. The summed E-state index contributed by atoms with van der Waals surface area (Å²) in [6, 6.07) is 0. The van der Waals surface area contributed by atoms with Gasteiger partial charge in [-0.15, -0.1) is 0 Å². The third kappa shape index (κ3) is 5.07. The molecule has 0 unspecified atom stereocenters. The van der Waals surface area contributed by atoms with Crippen LogP contribution in [0.25, 0.3) is 0 Å². The summed E-state index contributed by atoms with van der Waals surface area (Å²) in [7, 11) is 0. The van der Waals surface area contributed by atoms with Crippen molar-refractivity contribution < 1.29 is 0 Å². The number of rotatable bonds is 2.